The van der Waals surface area contributed by atoms with Gasteiger partial charge in [-0.25, -0.2) is 0 Å². The van der Waals surface area contributed by atoms with Crippen LogP contribution in [0.25, 0.3) is 0 Å². The Morgan fingerprint density at radius 2 is 2.14 bits per heavy atom. The van der Waals surface area contributed by atoms with Gasteiger partial charge in [0.2, 0.25) is 5.91 Å². The summed E-state index contributed by atoms with van der Waals surface area (Å²) in [6.07, 6.45) is 4.11. The first-order chi connectivity index (χ1) is 10.1. The molecular weight excluding hydrogens is 284 g/mol. The van der Waals surface area contributed by atoms with E-state index in [0.717, 1.165) is 30.1 Å². The van der Waals surface area contributed by atoms with Crippen LogP contribution < -0.4 is 5.32 Å². The fraction of sp³-hybridized carbons (Fsp3) is 0.588. The third-order valence-corrected chi connectivity index (χ3v) is 4.74. The summed E-state index contributed by atoms with van der Waals surface area (Å²) in [6.45, 7) is 4.24. The normalized spacial score (nSPS) is 20.0. The molecule has 0 aliphatic carbocycles. The Hall–Kier alpha value is -1.06. The molecule has 1 N–H and O–H groups in total. The lowest BCUT2D eigenvalue weighted by molar-refractivity contribution is -0.132. The van der Waals surface area contributed by atoms with Gasteiger partial charge in [-0.2, -0.15) is 0 Å². The maximum atomic E-state index is 12.3. The molecule has 1 heterocycles. The molecule has 1 amide bonds. The Kier molecular flexibility index (Phi) is 6.07. The lowest BCUT2D eigenvalue weighted by Crippen LogP contribution is -2.33. The fourth-order valence-electron chi connectivity index (χ4n) is 2.86. The molecule has 2 unspecified atom stereocenters. The van der Waals surface area contributed by atoms with Crippen molar-refractivity contribution in [2.24, 2.45) is 5.92 Å². The second-order valence-electron chi connectivity index (χ2n) is 5.98. The number of carbonyl (C=O) groups excluding carboxylic acids is 1. The summed E-state index contributed by atoms with van der Waals surface area (Å²) < 4.78 is 0. The van der Waals surface area contributed by atoms with Gasteiger partial charge in [-0.05, 0) is 62.9 Å². The molecule has 0 radical (unpaired) electrons. The molecule has 1 aromatic rings. The number of hydrogen-bond donors (Lipinski definition) is 1. The zero-order chi connectivity index (χ0) is 15.2. The van der Waals surface area contributed by atoms with E-state index in [9.17, 15) is 4.79 Å². The second-order valence-corrected chi connectivity index (χ2v) is 6.42. The Balaban J connectivity index is 1.84. The largest absolute Gasteiger partial charge is 0.339 e. The van der Waals surface area contributed by atoms with Crippen molar-refractivity contribution in [3.05, 3.63) is 34.9 Å². The number of hydrogen-bond acceptors (Lipinski definition) is 2. The van der Waals surface area contributed by atoms with Crippen LogP contribution >= 0.6 is 11.6 Å². The molecule has 3 nitrogen and oxygen atoms in total. The van der Waals surface area contributed by atoms with Crippen molar-refractivity contribution in [1.29, 1.82) is 0 Å². The quantitative estimate of drug-likeness (QED) is 0.900. The van der Waals surface area contributed by atoms with Crippen molar-refractivity contribution < 1.29 is 4.79 Å². The average molecular weight is 309 g/mol. The summed E-state index contributed by atoms with van der Waals surface area (Å²) >= 11 is 5.91. The zero-order valence-electron chi connectivity index (χ0n) is 12.9. The molecule has 0 saturated carbocycles. The van der Waals surface area contributed by atoms with Gasteiger partial charge < -0.3 is 10.2 Å². The minimum Gasteiger partial charge on any atom is -0.339 e. The third kappa shape index (κ3) is 4.72. The van der Waals surface area contributed by atoms with Gasteiger partial charge in [-0.15, -0.1) is 0 Å². The number of nitrogens with zero attached hydrogens (tertiary/aromatic N) is 1. The monoisotopic (exact) mass is 308 g/mol. The summed E-state index contributed by atoms with van der Waals surface area (Å²) in [5, 5.41) is 4.13. The van der Waals surface area contributed by atoms with Crippen LogP contribution in [-0.4, -0.2) is 30.9 Å². The molecular formula is C17H25ClN2O. The van der Waals surface area contributed by atoms with Gasteiger partial charge in [0.25, 0.3) is 0 Å². The lowest BCUT2D eigenvalue weighted by atomic mass is 9.94. The van der Waals surface area contributed by atoms with Crippen LogP contribution in [0.4, 0.5) is 0 Å². The van der Waals surface area contributed by atoms with Gasteiger partial charge >= 0.3 is 0 Å². The summed E-state index contributed by atoms with van der Waals surface area (Å²) in [7, 11) is 1.89. The zero-order valence-corrected chi connectivity index (χ0v) is 13.7. The predicted molar refractivity (Wildman–Crippen MR) is 87.5 cm³/mol. The number of rotatable bonds is 5. The molecule has 0 spiro atoms. The van der Waals surface area contributed by atoms with Crippen LogP contribution in [0.5, 0.6) is 0 Å². The van der Waals surface area contributed by atoms with Gasteiger partial charge in [-0.1, -0.05) is 23.7 Å². The van der Waals surface area contributed by atoms with E-state index in [1.807, 2.05) is 36.2 Å². The van der Waals surface area contributed by atoms with E-state index < -0.39 is 0 Å². The van der Waals surface area contributed by atoms with E-state index >= 15 is 0 Å². The summed E-state index contributed by atoms with van der Waals surface area (Å²) in [5.41, 5.74) is 1.12. The van der Waals surface area contributed by atoms with Crippen molar-refractivity contribution in [1.82, 2.24) is 10.2 Å². The van der Waals surface area contributed by atoms with E-state index in [1.54, 1.807) is 0 Å². The maximum absolute atomic E-state index is 12.3. The van der Waals surface area contributed by atoms with Crippen LogP contribution in [0.2, 0.25) is 5.02 Å². The van der Waals surface area contributed by atoms with Crippen LogP contribution in [-0.2, 0) is 4.79 Å². The van der Waals surface area contributed by atoms with Crippen LogP contribution in [0.3, 0.4) is 0 Å². The highest BCUT2D eigenvalue weighted by molar-refractivity contribution is 6.30. The maximum Gasteiger partial charge on any atom is 0.222 e. The smallest absolute Gasteiger partial charge is 0.222 e. The molecule has 116 valence electrons. The van der Waals surface area contributed by atoms with Crippen molar-refractivity contribution >= 4 is 17.5 Å². The number of nitrogens with one attached hydrogen (secondary N) is 1. The fourth-order valence-corrected chi connectivity index (χ4v) is 2.98. The average Bonchev–Trinajstić information content (AvgIpc) is 2.53. The van der Waals surface area contributed by atoms with Crippen molar-refractivity contribution in [2.75, 3.05) is 20.1 Å². The van der Waals surface area contributed by atoms with Gasteiger partial charge in [-0.3, -0.25) is 4.79 Å². The molecule has 1 aromatic carbocycles. The number of piperidine rings is 1. The van der Waals surface area contributed by atoms with Gasteiger partial charge in [0, 0.05) is 18.5 Å². The Morgan fingerprint density at radius 3 is 2.76 bits per heavy atom. The highest BCUT2D eigenvalue weighted by Crippen LogP contribution is 2.23. The minimum atomic E-state index is 0.0826. The number of halogens is 1. The second kappa shape index (κ2) is 7.81. The van der Waals surface area contributed by atoms with Gasteiger partial charge in [0.1, 0.15) is 0 Å². The van der Waals surface area contributed by atoms with E-state index in [4.69, 9.17) is 11.6 Å². The Bertz CT molecular complexity index is 454. The first kappa shape index (κ1) is 16.3. The van der Waals surface area contributed by atoms with Crippen LogP contribution in [0.15, 0.2) is 24.3 Å². The summed E-state index contributed by atoms with van der Waals surface area (Å²) in [5.74, 6) is 0.880. The van der Waals surface area contributed by atoms with Crippen LogP contribution in [0, 0.1) is 5.92 Å². The number of carbonyl (C=O) groups is 1. The molecule has 1 fully saturated rings. The SMILES string of the molecule is CC(c1ccc(Cl)cc1)N(C)C(=O)CCC1CCCNC1. The van der Waals surface area contributed by atoms with Crippen LogP contribution in [0.1, 0.15) is 44.2 Å². The molecule has 0 aromatic heterocycles. The molecule has 4 heteroatoms. The van der Waals surface area contributed by atoms with Crippen molar-refractivity contribution in [3.8, 4) is 0 Å². The Labute approximate surface area is 132 Å². The minimum absolute atomic E-state index is 0.0826. The highest BCUT2D eigenvalue weighted by Gasteiger charge is 2.19. The molecule has 1 aliphatic rings. The molecule has 1 saturated heterocycles. The first-order valence-electron chi connectivity index (χ1n) is 7.79. The lowest BCUT2D eigenvalue weighted by Gasteiger charge is -2.27. The number of amides is 1. The highest BCUT2D eigenvalue weighted by atomic mass is 35.5. The summed E-state index contributed by atoms with van der Waals surface area (Å²) in [6, 6.07) is 7.81. The molecule has 0 bridgehead atoms. The van der Waals surface area contributed by atoms with Gasteiger partial charge in [0.15, 0.2) is 0 Å². The predicted octanol–water partition coefficient (Wildman–Crippen LogP) is 3.64. The molecule has 21 heavy (non-hydrogen) atoms. The standard InChI is InChI=1S/C17H25ClN2O/c1-13(15-6-8-16(18)9-7-15)20(2)17(21)10-5-14-4-3-11-19-12-14/h6-9,13-14,19H,3-5,10-12H2,1-2H3. The van der Waals surface area contributed by atoms with E-state index in [1.165, 1.54) is 12.8 Å². The Morgan fingerprint density at radius 1 is 1.43 bits per heavy atom. The van der Waals surface area contributed by atoms with E-state index in [-0.39, 0.29) is 11.9 Å². The molecule has 1 aliphatic heterocycles. The number of benzene rings is 1. The summed E-state index contributed by atoms with van der Waals surface area (Å²) in [4.78, 5) is 14.2. The first-order valence-corrected chi connectivity index (χ1v) is 8.17. The molecule has 2 rings (SSSR count). The van der Waals surface area contributed by atoms with Gasteiger partial charge in [0.05, 0.1) is 6.04 Å². The third-order valence-electron chi connectivity index (χ3n) is 4.49. The van der Waals surface area contributed by atoms with E-state index in [2.05, 4.69) is 12.2 Å². The molecule has 2 atom stereocenters. The van der Waals surface area contributed by atoms with Crippen molar-refractivity contribution in [3.63, 3.8) is 0 Å². The van der Waals surface area contributed by atoms with Crippen molar-refractivity contribution in [2.45, 2.75) is 38.6 Å². The van der Waals surface area contributed by atoms with E-state index in [0.29, 0.717) is 12.3 Å². The topological polar surface area (TPSA) is 32.3 Å².